The van der Waals surface area contributed by atoms with Gasteiger partial charge in [-0.1, -0.05) is 38.1 Å². The van der Waals surface area contributed by atoms with Crippen molar-refractivity contribution < 1.29 is 9.90 Å². The van der Waals surface area contributed by atoms with Gasteiger partial charge >= 0.3 is 0 Å². The minimum atomic E-state index is -0.861. The van der Waals surface area contributed by atoms with Crippen LogP contribution in [0.4, 0.5) is 0 Å². The lowest BCUT2D eigenvalue weighted by Crippen LogP contribution is -2.40. The van der Waals surface area contributed by atoms with Gasteiger partial charge in [-0.15, -0.1) is 0 Å². The molecule has 1 atom stereocenters. The van der Waals surface area contributed by atoms with E-state index in [1.165, 1.54) is 6.08 Å². The van der Waals surface area contributed by atoms with Crippen LogP contribution in [0.5, 0.6) is 0 Å². The number of rotatable bonds is 6. The first-order valence-corrected chi connectivity index (χ1v) is 7.04. The Morgan fingerprint density at radius 1 is 1.40 bits per heavy atom. The molecule has 0 bridgehead atoms. The highest BCUT2D eigenvalue weighted by atomic mass is 16.3. The molecule has 0 aromatic heterocycles. The van der Waals surface area contributed by atoms with Gasteiger partial charge in [0.05, 0.1) is 5.60 Å². The summed E-state index contributed by atoms with van der Waals surface area (Å²) in [6.45, 7) is 8.12. The van der Waals surface area contributed by atoms with Gasteiger partial charge in [0.2, 0.25) is 5.91 Å². The maximum Gasteiger partial charge on any atom is 0.244 e. The van der Waals surface area contributed by atoms with E-state index in [4.69, 9.17) is 0 Å². The van der Waals surface area contributed by atoms with Gasteiger partial charge in [-0.25, -0.2) is 0 Å². The van der Waals surface area contributed by atoms with E-state index in [2.05, 4.69) is 5.32 Å². The summed E-state index contributed by atoms with van der Waals surface area (Å²) in [6.07, 6.45) is 3.96. The van der Waals surface area contributed by atoms with E-state index in [1.54, 1.807) is 13.0 Å². The van der Waals surface area contributed by atoms with Gasteiger partial charge in [0.25, 0.3) is 0 Å². The third-order valence-corrected chi connectivity index (χ3v) is 3.09. The molecule has 110 valence electrons. The zero-order valence-electron chi connectivity index (χ0n) is 12.8. The van der Waals surface area contributed by atoms with E-state index in [0.717, 1.165) is 11.1 Å². The van der Waals surface area contributed by atoms with Gasteiger partial charge in [0, 0.05) is 12.6 Å². The second-order valence-corrected chi connectivity index (χ2v) is 6.00. The van der Waals surface area contributed by atoms with Crippen molar-refractivity contribution >= 4 is 12.0 Å². The molecular formula is C17H25NO2. The number of aryl methyl sites for hydroxylation is 1. The summed E-state index contributed by atoms with van der Waals surface area (Å²) >= 11 is 0. The third kappa shape index (κ3) is 6.02. The predicted octanol–water partition coefficient (Wildman–Crippen LogP) is 2.92. The Kier molecular flexibility index (Phi) is 5.96. The molecule has 2 N–H and O–H groups in total. The second kappa shape index (κ2) is 7.25. The molecule has 0 saturated heterocycles. The number of aliphatic hydroxyl groups is 1. The molecule has 0 aliphatic heterocycles. The molecule has 0 aliphatic rings. The fourth-order valence-electron chi connectivity index (χ4n) is 2.23. The van der Waals surface area contributed by atoms with Crippen LogP contribution in [0.3, 0.4) is 0 Å². The molecule has 3 nitrogen and oxygen atoms in total. The molecule has 1 aromatic carbocycles. The number of nitrogens with one attached hydrogen (secondary N) is 1. The van der Waals surface area contributed by atoms with Crippen molar-refractivity contribution in [3.8, 4) is 0 Å². The molecule has 0 fully saturated rings. The number of carbonyl (C=O) groups excluding carboxylic acids is 1. The van der Waals surface area contributed by atoms with Crippen molar-refractivity contribution in [1.29, 1.82) is 0 Å². The molecule has 20 heavy (non-hydrogen) atoms. The number of benzene rings is 1. The van der Waals surface area contributed by atoms with Crippen LogP contribution in [0.2, 0.25) is 0 Å². The Morgan fingerprint density at radius 2 is 2.05 bits per heavy atom. The van der Waals surface area contributed by atoms with E-state index in [-0.39, 0.29) is 12.5 Å². The van der Waals surface area contributed by atoms with Crippen LogP contribution in [0.1, 0.15) is 38.3 Å². The summed E-state index contributed by atoms with van der Waals surface area (Å²) in [4.78, 5) is 11.8. The standard InChI is InChI=1S/C17H25NO2/c1-13(2)11-17(4,20)12-18-16(19)10-9-15-8-6-5-7-14(15)3/h5-10,13,20H,11-12H2,1-4H3,(H,18,19). The normalized spacial score (nSPS) is 14.5. The monoisotopic (exact) mass is 275 g/mol. The summed E-state index contributed by atoms with van der Waals surface area (Å²) in [5, 5.41) is 12.9. The smallest absolute Gasteiger partial charge is 0.244 e. The first-order valence-electron chi connectivity index (χ1n) is 7.04. The van der Waals surface area contributed by atoms with E-state index in [1.807, 2.05) is 45.0 Å². The summed E-state index contributed by atoms with van der Waals surface area (Å²) in [5.41, 5.74) is 1.29. The van der Waals surface area contributed by atoms with E-state index in [0.29, 0.717) is 12.3 Å². The maximum atomic E-state index is 11.8. The summed E-state index contributed by atoms with van der Waals surface area (Å²) in [6, 6.07) is 7.88. The first kappa shape index (κ1) is 16.4. The van der Waals surface area contributed by atoms with E-state index < -0.39 is 5.60 Å². The van der Waals surface area contributed by atoms with Crippen molar-refractivity contribution in [2.45, 2.75) is 39.7 Å². The average molecular weight is 275 g/mol. The lowest BCUT2D eigenvalue weighted by atomic mass is 9.94. The quantitative estimate of drug-likeness (QED) is 0.784. The van der Waals surface area contributed by atoms with Crippen LogP contribution < -0.4 is 5.32 Å². The topological polar surface area (TPSA) is 49.3 Å². The predicted molar refractivity (Wildman–Crippen MR) is 83.3 cm³/mol. The second-order valence-electron chi connectivity index (χ2n) is 6.00. The zero-order chi connectivity index (χ0) is 15.2. The summed E-state index contributed by atoms with van der Waals surface area (Å²) < 4.78 is 0. The lowest BCUT2D eigenvalue weighted by molar-refractivity contribution is -0.117. The Balaban J connectivity index is 2.50. The molecule has 1 amide bonds. The molecule has 0 saturated carbocycles. The zero-order valence-corrected chi connectivity index (χ0v) is 12.8. The number of amides is 1. The molecule has 0 heterocycles. The van der Waals surface area contributed by atoms with Crippen molar-refractivity contribution in [3.63, 3.8) is 0 Å². The van der Waals surface area contributed by atoms with Gasteiger partial charge < -0.3 is 10.4 Å². The van der Waals surface area contributed by atoms with Crippen molar-refractivity contribution in [2.24, 2.45) is 5.92 Å². The lowest BCUT2D eigenvalue weighted by Gasteiger charge is -2.25. The molecule has 1 aromatic rings. The number of hydrogen-bond donors (Lipinski definition) is 2. The van der Waals surface area contributed by atoms with Crippen LogP contribution in [-0.2, 0) is 4.79 Å². The third-order valence-electron chi connectivity index (χ3n) is 3.09. The fourth-order valence-corrected chi connectivity index (χ4v) is 2.23. The highest BCUT2D eigenvalue weighted by Gasteiger charge is 2.21. The van der Waals surface area contributed by atoms with Gasteiger partial charge in [-0.3, -0.25) is 4.79 Å². The minimum Gasteiger partial charge on any atom is -0.388 e. The highest BCUT2D eigenvalue weighted by Crippen LogP contribution is 2.15. The Morgan fingerprint density at radius 3 is 2.65 bits per heavy atom. The van der Waals surface area contributed by atoms with E-state index >= 15 is 0 Å². The van der Waals surface area contributed by atoms with Crippen LogP contribution in [0.25, 0.3) is 6.08 Å². The van der Waals surface area contributed by atoms with Gasteiger partial charge in [-0.05, 0) is 43.4 Å². The molecule has 0 radical (unpaired) electrons. The molecular weight excluding hydrogens is 250 g/mol. The fraction of sp³-hybridized carbons (Fsp3) is 0.471. The first-order chi connectivity index (χ1) is 9.30. The average Bonchev–Trinajstić information content (AvgIpc) is 2.34. The van der Waals surface area contributed by atoms with Crippen LogP contribution in [0, 0.1) is 12.8 Å². The van der Waals surface area contributed by atoms with Crippen molar-refractivity contribution in [3.05, 3.63) is 41.5 Å². The minimum absolute atomic E-state index is 0.183. The summed E-state index contributed by atoms with van der Waals surface area (Å²) in [7, 11) is 0. The summed E-state index contributed by atoms with van der Waals surface area (Å²) in [5.74, 6) is 0.210. The van der Waals surface area contributed by atoms with Crippen molar-refractivity contribution in [2.75, 3.05) is 6.54 Å². The van der Waals surface area contributed by atoms with Crippen LogP contribution in [0.15, 0.2) is 30.3 Å². The molecule has 0 spiro atoms. The van der Waals surface area contributed by atoms with Crippen LogP contribution in [-0.4, -0.2) is 23.2 Å². The number of hydrogen-bond acceptors (Lipinski definition) is 2. The van der Waals surface area contributed by atoms with Crippen molar-refractivity contribution in [1.82, 2.24) is 5.32 Å². The highest BCUT2D eigenvalue weighted by molar-refractivity contribution is 5.91. The molecule has 1 rings (SSSR count). The largest absolute Gasteiger partial charge is 0.388 e. The van der Waals surface area contributed by atoms with Gasteiger partial charge in [-0.2, -0.15) is 0 Å². The van der Waals surface area contributed by atoms with E-state index in [9.17, 15) is 9.90 Å². The Hall–Kier alpha value is -1.61. The molecule has 0 aliphatic carbocycles. The SMILES string of the molecule is Cc1ccccc1C=CC(=O)NCC(C)(O)CC(C)C. The van der Waals surface area contributed by atoms with Gasteiger partial charge in [0.15, 0.2) is 0 Å². The molecule has 1 unspecified atom stereocenters. The number of carbonyl (C=O) groups is 1. The van der Waals surface area contributed by atoms with Crippen LogP contribution >= 0.6 is 0 Å². The van der Waals surface area contributed by atoms with Gasteiger partial charge in [0.1, 0.15) is 0 Å². The maximum absolute atomic E-state index is 11.8. The molecule has 3 heteroatoms. The Bertz CT molecular complexity index is 476. The Labute approximate surface area is 121 Å².